The number of likely N-dealkylation sites (N-methyl/N-ethyl adjacent to an activating group) is 1. The maximum Gasteiger partial charge on any atom is 0.162 e. The van der Waals surface area contributed by atoms with Crippen LogP contribution in [0.1, 0.15) is 40.7 Å². The molecule has 0 bridgehead atoms. The number of hydrogen-bond acceptors (Lipinski definition) is 6. The molecule has 0 amide bonds. The van der Waals surface area contributed by atoms with Crippen LogP contribution in [0.2, 0.25) is 5.02 Å². The fourth-order valence-corrected chi connectivity index (χ4v) is 5.20. The van der Waals surface area contributed by atoms with E-state index in [0.29, 0.717) is 18.5 Å². The predicted molar refractivity (Wildman–Crippen MR) is 137 cm³/mol. The molecule has 1 aliphatic heterocycles. The topological polar surface area (TPSA) is 67.2 Å². The van der Waals surface area contributed by atoms with Crippen LogP contribution in [-0.4, -0.2) is 58.3 Å². The minimum absolute atomic E-state index is 0. The van der Waals surface area contributed by atoms with Crippen molar-refractivity contribution >= 4 is 46.4 Å². The molecule has 0 unspecified atom stereocenters. The number of anilines is 1. The van der Waals surface area contributed by atoms with E-state index in [-0.39, 0.29) is 18.2 Å². The normalized spacial score (nSPS) is 16.4. The van der Waals surface area contributed by atoms with E-state index in [1.807, 2.05) is 30.3 Å². The molecule has 178 valence electrons. The van der Waals surface area contributed by atoms with Crippen molar-refractivity contribution in [3.05, 3.63) is 64.2 Å². The van der Waals surface area contributed by atoms with Crippen LogP contribution in [0.3, 0.4) is 0 Å². The van der Waals surface area contributed by atoms with Crippen molar-refractivity contribution in [2.45, 2.75) is 32.2 Å². The van der Waals surface area contributed by atoms with Crippen LogP contribution < -0.4 is 4.31 Å². The van der Waals surface area contributed by atoms with Crippen LogP contribution in [0, 0.1) is 0 Å². The minimum Gasteiger partial charge on any atom is -0.306 e. The number of unbranched alkanes of at least 4 members (excludes halogenated alkanes) is 1. The first kappa shape index (κ1) is 26.9. The van der Waals surface area contributed by atoms with Gasteiger partial charge in [0.05, 0.1) is 5.69 Å². The predicted octanol–water partition coefficient (Wildman–Crippen LogP) is 5.75. The molecule has 6 nitrogen and oxygen atoms in total. The molecule has 32 heavy (non-hydrogen) atoms. The van der Waals surface area contributed by atoms with Crippen LogP contribution in [0.4, 0.5) is 5.69 Å². The molecule has 0 atom stereocenters. The summed E-state index contributed by atoms with van der Waals surface area (Å²) >= 11 is 6.22. The van der Waals surface area contributed by atoms with E-state index in [1.54, 1.807) is 20.2 Å². The molecule has 0 spiro atoms. The van der Waals surface area contributed by atoms with Gasteiger partial charge in [-0.05, 0) is 68.2 Å². The number of ketones is 1. The zero-order valence-corrected chi connectivity index (χ0v) is 21.2. The smallest absolute Gasteiger partial charge is 0.162 e. The Balaban J connectivity index is 0.00000363. The number of hydrogen-bond donors (Lipinski definition) is 2. The Bertz CT molecular complexity index is 929. The molecule has 2 aromatic rings. The van der Waals surface area contributed by atoms with E-state index in [2.05, 4.69) is 18.0 Å². The minimum atomic E-state index is -2.97. The van der Waals surface area contributed by atoms with Gasteiger partial charge in [-0.2, -0.15) is 4.31 Å². The third-order valence-corrected chi connectivity index (χ3v) is 8.10. The summed E-state index contributed by atoms with van der Waals surface area (Å²) in [5, 5.41) is 0.814. The van der Waals surface area contributed by atoms with Crippen LogP contribution in [0.15, 0.2) is 42.5 Å². The molecule has 1 heterocycles. The lowest BCUT2D eigenvalue weighted by Gasteiger charge is -2.51. The highest BCUT2D eigenvalue weighted by atomic mass is 35.5. The first-order chi connectivity index (χ1) is 14.7. The van der Waals surface area contributed by atoms with E-state index in [4.69, 9.17) is 11.6 Å². The summed E-state index contributed by atoms with van der Waals surface area (Å²) in [7, 11) is 2.46. The largest absolute Gasteiger partial charge is 0.306 e. The van der Waals surface area contributed by atoms with Crippen LogP contribution >= 0.6 is 35.0 Å². The molecule has 0 aliphatic carbocycles. The highest BCUT2D eigenvalue weighted by molar-refractivity contribution is 8.23. The summed E-state index contributed by atoms with van der Waals surface area (Å²) in [5.41, 5.74) is 3.54. The van der Waals surface area contributed by atoms with Crippen molar-refractivity contribution < 1.29 is 13.9 Å². The molecule has 9 heteroatoms. The van der Waals surface area contributed by atoms with Gasteiger partial charge in [0.25, 0.3) is 0 Å². The van der Waals surface area contributed by atoms with Crippen LogP contribution in [-0.2, 0) is 13.0 Å². The first-order valence-electron chi connectivity index (χ1n) is 10.5. The Hall–Kier alpha value is -1.32. The Morgan fingerprint density at radius 2 is 1.84 bits per heavy atom. The molecule has 0 saturated heterocycles. The monoisotopic (exact) mass is 501 g/mol. The summed E-state index contributed by atoms with van der Waals surface area (Å²) < 4.78 is 23.5. The van der Waals surface area contributed by atoms with E-state index in [0.717, 1.165) is 54.2 Å². The fourth-order valence-electron chi connectivity index (χ4n) is 3.80. The van der Waals surface area contributed by atoms with Crippen molar-refractivity contribution in [1.29, 1.82) is 0 Å². The Morgan fingerprint density at radius 1 is 1.12 bits per heavy atom. The Kier molecular flexibility index (Phi) is 9.85. The second-order valence-electron chi connectivity index (χ2n) is 8.14. The van der Waals surface area contributed by atoms with Crippen molar-refractivity contribution in [3.8, 4) is 0 Å². The molecular formula is C23H33Cl2N3O3S. The maximum absolute atomic E-state index is 12.7. The summed E-state index contributed by atoms with van der Waals surface area (Å²) in [4.78, 5) is 14.9. The SMILES string of the molecule is CN(CCCCC(=O)c1ccc2c(c1)CN(C)S(O)(O)N2C)CCc1ccccc1Cl.Cl. The molecule has 0 fully saturated rings. The molecule has 0 aromatic heterocycles. The van der Waals surface area contributed by atoms with Gasteiger partial charge in [0.1, 0.15) is 0 Å². The lowest BCUT2D eigenvalue weighted by molar-refractivity contribution is 0.0978. The average molecular weight is 503 g/mol. The van der Waals surface area contributed by atoms with Gasteiger partial charge in [-0.15, -0.1) is 12.4 Å². The second kappa shape index (κ2) is 11.7. The summed E-state index contributed by atoms with van der Waals surface area (Å²) in [6.07, 6.45) is 3.23. The fraction of sp³-hybridized carbons (Fsp3) is 0.435. The van der Waals surface area contributed by atoms with Gasteiger partial charge in [0, 0.05) is 44.2 Å². The van der Waals surface area contributed by atoms with Crippen LogP contribution in [0.5, 0.6) is 0 Å². The average Bonchev–Trinajstić information content (AvgIpc) is 2.74. The molecule has 0 saturated carbocycles. The van der Waals surface area contributed by atoms with Crippen molar-refractivity contribution in [3.63, 3.8) is 0 Å². The molecule has 2 N–H and O–H groups in total. The Morgan fingerprint density at radius 3 is 2.56 bits per heavy atom. The van der Waals surface area contributed by atoms with Gasteiger partial charge in [0.15, 0.2) is 5.78 Å². The zero-order valence-electron chi connectivity index (χ0n) is 18.8. The number of carbonyl (C=O) groups is 1. The maximum atomic E-state index is 12.7. The lowest BCUT2D eigenvalue weighted by atomic mass is 10.0. The van der Waals surface area contributed by atoms with E-state index in [9.17, 15) is 13.9 Å². The zero-order chi connectivity index (χ0) is 22.6. The summed E-state index contributed by atoms with van der Waals surface area (Å²) in [5.74, 6) is 0.129. The number of Topliss-reactive ketones (excluding diaryl/α,β-unsaturated/α-hetero) is 1. The van der Waals surface area contributed by atoms with Gasteiger partial charge in [-0.3, -0.25) is 18.2 Å². The number of benzene rings is 2. The van der Waals surface area contributed by atoms with Crippen molar-refractivity contribution in [1.82, 2.24) is 9.21 Å². The van der Waals surface area contributed by atoms with Gasteiger partial charge < -0.3 is 4.90 Å². The summed E-state index contributed by atoms with van der Waals surface area (Å²) in [6.45, 7) is 2.28. The number of halogens is 2. The van der Waals surface area contributed by atoms with Gasteiger partial charge >= 0.3 is 0 Å². The highest BCUT2D eigenvalue weighted by Gasteiger charge is 2.32. The summed E-state index contributed by atoms with van der Waals surface area (Å²) in [6, 6.07) is 13.4. The lowest BCUT2D eigenvalue weighted by Crippen LogP contribution is -2.39. The number of nitrogens with zero attached hydrogens (tertiary/aromatic N) is 3. The van der Waals surface area contributed by atoms with Crippen molar-refractivity contribution in [2.24, 2.45) is 0 Å². The third kappa shape index (κ3) is 6.38. The number of rotatable bonds is 9. The number of fused-ring (bicyclic) bond motifs is 1. The standard InChI is InChI=1S/C23H32ClN3O3S.ClH/c1-25(15-13-18-8-4-5-9-21(18)24)14-7-6-10-23(28)19-11-12-22-20(16-19)17-26(2)31(29,30)27(22)3;/h4-5,8-9,11-12,16,29-30H,6-7,10,13-15,17H2,1-3H3;1H. The quantitative estimate of drug-likeness (QED) is 0.336. The van der Waals surface area contributed by atoms with Crippen LogP contribution in [0.25, 0.3) is 0 Å². The van der Waals surface area contributed by atoms with Gasteiger partial charge in [-0.1, -0.05) is 40.8 Å². The van der Waals surface area contributed by atoms with E-state index < -0.39 is 11.0 Å². The van der Waals surface area contributed by atoms with E-state index in [1.165, 1.54) is 8.61 Å². The second-order valence-corrected chi connectivity index (χ2v) is 10.7. The molecular weight excluding hydrogens is 469 g/mol. The molecule has 0 radical (unpaired) electrons. The molecule has 1 aliphatic rings. The van der Waals surface area contributed by atoms with E-state index >= 15 is 0 Å². The molecule has 2 aromatic carbocycles. The highest BCUT2D eigenvalue weighted by Crippen LogP contribution is 2.52. The number of carbonyl (C=O) groups excluding carboxylic acids is 1. The van der Waals surface area contributed by atoms with Gasteiger partial charge in [0.2, 0.25) is 0 Å². The van der Waals surface area contributed by atoms with Crippen molar-refractivity contribution in [2.75, 3.05) is 38.5 Å². The Labute approximate surface area is 204 Å². The third-order valence-electron chi connectivity index (χ3n) is 5.83. The first-order valence-corrected chi connectivity index (χ1v) is 12.4. The van der Waals surface area contributed by atoms with Gasteiger partial charge in [-0.25, -0.2) is 0 Å². The molecule has 3 rings (SSSR count).